The topological polar surface area (TPSA) is 84.5 Å². The van der Waals surface area contributed by atoms with Crippen molar-refractivity contribution in [3.63, 3.8) is 0 Å². The number of ether oxygens (including phenoxy) is 1. The molecule has 138 valence electrons. The molecular formula is C18H19ClN2O4S. The Hall–Kier alpha value is -2.51. The van der Waals surface area contributed by atoms with Crippen LogP contribution in [0.5, 0.6) is 5.75 Å². The van der Waals surface area contributed by atoms with Crippen LogP contribution in [0.4, 0.5) is 11.4 Å². The first-order chi connectivity index (χ1) is 12.3. The molecule has 0 saturated carbocycles. The second-order valence-corrected chi connectivity index (χ2v) is 7.58. The van der Waals surface area contributed by atoms with Crippen LogP contribution in [-0.2, 0) is 14.8 Å². The molecule has 0 unspecified atom stereocenters. The molecule has 2 N–H and O–H groups in total. The normalized spacial score (nSPS) is 11.3. The fraction of sp³-hybridized carbons (Fsp3) is 0.167. The maximum atomic E-state index is 12.1. The molecule has 0 heterocycles. The number of hydrogen-bond acceptors (Lipinski definition) is 4. The maximum absolute atomic E-state index is 12.1. The van der Waals surface area contributed by atoms with Crippen molar-refractivity contribution in [2.45, 2.75) is 6.92 Å². The van der Waals surface area contributed by atoms with Crippen molar-refractivity contribution in [3.05, 3.63) is 59.1 Å². The predicted octanol–water partition coefficient (Wildman–Crippen LogP) is 3.76. The van der Waals surface area contributed by atoms with Gasteiger partial charge in [0, 0.05) is 16.8 Å². The Balaban J connectivity index is 2.05. The van der Waals surface area contributed by atoms with E-state index in [1.807, 2.05) is 6.92 Å². The van der Waals surface area contributed by atoms with Gasteiger partial charge in [-0.2, -0.15) is 0 Å². The van der Waals surface area contributed by atoms with Gasteiger partial charge in [0.1, 0.15) is 5.75 Å². The van der Waals surface area contributed by atoms with Gasteiger partial charge in [0.05, 0.1) is 18.6 Å². The van der Waals surface area contributed by atoms with Crippen LogP contribution in [0.15, 0.2) is 48.5 Å². The van der Waals surface area contributed by atoms with E-state index in [0.717, 1.165) is 11.8 Å². The number of hydrogen-bond donors (Lipinski definition) is 2. The lowest BCUT2D eigenvalue weighted by Crippen LogP contribution is -2.09. The number of sulfonamides is 1. The summed E-state index contributed by atoms with van der Waals surface area (Å²) in [5.74, 6) is 0.196. The summed E-state index contributed by atoms with van der Waals surface area (Å²) in [5, 5.41) is 3.21. The highest BCUT2D eigenvalue weighted by molar-refractivity contribution is 7.92. The molecule has 6 nitrogen and oxygen atoms in total. The molecular weight excluding hydrogens is 376 g/mol. The third-order valence-electron chi connectivity index (χ3n) is 3.14. The Morgan fingerprint density at radius 3 is 2.50 bits per heavy atom. The summed E-state index contributed by atoms with van der Waals surface area (Å²) < 4.78 is 30.2. The Morgan fingerprint density at radius 1 is 1.19 bits per heavy atom. The van der Waals surface area contributed by atoms with Gasteiger partial charge >= 0.3 is 0 Å². The molecule has 0 spiro atoms. The fourth-order valence-corrected chi connectivity index (χ4v) is 2.84. The fourth-order valence-electron chi connectivity index (χ4n) is 2.10. The van der Waals surface area contributed by atoms with Crippen LogP contribution < -0.4 is 14.8 Å². The zero-order valence-electron chi connectivity index (χ0n) is 14.3. The van der Waals surface area contributed by atoms with Gasteiger partial charge < -0.3 is 10.1 Å². The lowest BCUT2D eigenvalue weighted by Gasteiger charge is -2.10. The summed E-state index contributed by atoms with van der Waals surface area (Å²) in [4.78, 5) is 12.1. The van der Waals surface area contributed by atoms with Crippen LogP contribution in [0.1, 0.15) is 12.5 Å². The Bertz CT molecular complexity index is 909. The highest BCUT2D eigenvalue weighted by atomic mass is 35.5. The number of rotatable bonds is 7. The van der Waals surface area contributed by atoms with E-state index < -0.39 is 10.0 Å². The molecule has 0 aromatic heterocycles. The average Bonchev–Trinajstić information content (AvgIpc) is 2.55. The summed E-state index contributed by atoms with van der Waals surface area (Å²) >= 11 is 5.96. The van der Waals surface area contributed by atoms with E-state index in [9.17, 15) is 13.2 Å². The Kier molecular flexibility index (Phi) is 6.65. The summed E-state index contributed by atoms with van der Waals surface area (Å²) in [7, 11) is -3.32. The first kappa shape index (κ1) is 19.8. The van der Waals surface area contributed by atoms with E-state index >= 15 is 0 Å². The number of amides is 1. The second kappa shape index (κ2) is 8.73. The van der Waals surface area contributed by atoms with Crippen LogP contribution in [-0.4, -0.2) is 27.2 Å². The van der Waals surface area contributed by atoms with Crippen molar-refractivity contribution >= 4 is 45.0 Å². The van der Waals surface area contributed by atoms with E-state index in [1.54, 1.807) is 48.5 Å². The molecule has 0 radical (unpaired) electrons. The molecule has 0 aliphatic heterocycles. The molecule has 8 heteroatoms. The first-order valence-electron chi connectivity index (χ1n) is 7.76. The molecule has 0 aliphatic rings. The van der Waals surface area contributed by atoms with E-state index in [4.69, 9.17) is 16.3 Å². The predicted molar refractivity (Wildman–Crippen MR) is 105 cm³/mol. The second-order valence-electron chi connectivity index (χ2n) is 5.39. The van der Waals surface area contributed by atoms with Crippen molar-refractivity contribution in [2.24, 2.45) is 0 Å². The smallest absolute Gasteiger partial charge is 0.248 e. The van der Waals surface area contributed by atoms with Gasteiger partial charge in [0.15, 0.2) is 0 Å². The van der Waals surface area contributed by atoms with Crippen molar-refractivity contribution < 1.29 is 17.9 Å². The van der Waals surface area contributed by atoms with E-state index in [0.29, 0.717) is 28.8 Å². The third-order valence-corrected chi connectivity index (χ3v) is 3.98. The Morgan fingerprint density at radius 2 is 1.88 bits per heavy atom. The minimum Gasteiger partial charge on any atom is -0.492 e. The molecule has 1 amide bonds. The molecule has 2 aromatic rings. The zero-order chi connectivity index (χ0) is 19.2. The van der Waals surface area contributed by atoms with Crippen LogP contribution in [0.3, 0.4) is 0 Å². The first-order valence-corrected chi connectivity index (χ1v) is 10.0. The van der Waals surface area contributed by atoms with Crippen molar-refractivity contribution in [1.82, 2.24) is 0 Å². The van der Waals surface area contributed by atoms with Gasteiger partial charge in [0.25, 0.3) is 0 Å². The Labute approximate surface area is 157 Å². The van der Waals surface area contributed by atoms with Gasteiger partial charge in [-0.15, -0.1) is 0 Å². The molecule has 0 atom stereocenters. The minimum atomic E-state index is -3.32. The summed E-state index contributed by atoms with van der Waals surface area (Å²) in [6.07, 6.45) is 4.07. The molecule has 2 rings (SSSR count). The summed E-state index contributed by atoms with van der Waals surface area (Å²) in [5.41, 5.74) is 1.69. The van der Waals surface area contributed by atoms with Gasteiger partial charge in [0.2, 0.25) is 15.9 Å². The van der Waals surface area contributed by atoms with Crippen LogP contribution in [0.25, 0.3) is 6.08 Å². The summed E-state index contributed by atoms with van der Waals surface area (Å²) in [6, 6.07) is 11.6. The van der Waals surface area contributed by atoms with Gasteiger partial charge in [-0.25, -0.2) is 8.42 Å². The molecule has 0 saturated heterocycles. The van der Waals surface area contributed by atoms with Gasteiger partial charge in [-0.3, -0.25) is 9.52 Å². The highest BCUT2D eigenvalue weighted by Gasteiger charge is 2.07. The lowest BCUT2D eigenvalue weighted by molar-refractivity contribution is -0.111. The molecule has 26 heavy (non-hydrogen) atoms. The number of halogens is 1. The standard InChI is InChI=1S/C18H19ClN2O4S/c1-3-25-17-10-7-14(19)12-16(17)20-18(22)11-6-13-4-8-15(9-5-13)21-26(2,23)24/h4-12,21H,3H2,1-2H3,(H,20,22). The minimum absolute atomic E-state index is 0.341. The molecule has 2 aromatic carbocycles. The average molecular weight is 395 g/mol. The van der Waals surface area contributed by atoms with Crippen molar-refractivity contribution in [2.75, 3.05) is 22.9 Å². The highest BCUT2D eigenvalue weighted by Crippen LogP contribution is 2.28. The van der Waals surface area contributed by atoms with Crippen LogP contribution in [0, 0.1) is 0 Å². The lowest BCUT2D eigenvalue weighted by atomic mass is 10.2. The number of carbonyl (C=O) groups is 1. The quantitative estimate of drug-likeness (QED) is 0.700. The van der Waals surface area contributed by atoms with Crippen LogP contribution >= 0.6 is 11.6 Å². The van der Waals surface area contributed by atoms with E-state index in [1.165, 1.54) is 6.08 Å². The zero-order valence-corrected chi connectivity index (χ0v) is 15.9. The number of carbonyl (C=O) groups excluding carboxylic acids is 1. The summed E-state index contributed by atoms with van der Waals surface area (Å²) in [6.45, 7) is 2.32. The van der Waals surface area contributed by atoms with Gasteiger partial charge in [-0.1, -0.05) is 23.7 Å². The molecule has 0 fully saturated rings. The molecule has 0 bridgehead atoms. The molecule has 0 aliphatic carbocycles. The maximum Gasteiger partial charge on any atom is 0.248 e. The van der Waals surface area contributed by atoms with Crippen molar-refractivity contribution in [3.8, 4) is 5.75 Å². The van der Waals surface area contributed by atoms with E-state index in [-0.39, 0.29) is 5.91 Å². The number of benzene rings is 2. The van der Waals surface area contributed by atoms with Crippen molar-refractivity contribution in [1.29, 1.82) is 0 Å². The largest absolute Gasteiger partial charge is 0.492 e. The van der Waals surface area contributed by atoms with Crippen LogP contribution in [0.2, 0.25) is 5.02 Å². The number of nitrogens with one attached hydrogen (secondary N) is 2. The van der Waals surface area contributed by atoms with E-state index in [2.05, 4.69) is 10.0 Å². The third kappa shape index (κ3) is 6.42. The van der Waals surface area contributed by atoms with Gasteiger partial charge in [-0.05, 0) is 48.9 Å². The monoisotopic (exact) mass is 394 g/mol. The number of anilines is 2. The SMILES string of the molecule is CCOc1ccc(Cl)cc1NC(=O)C=Cc1ccc(NS(C)(=O)=O)cc1.